The highest BCUT2D eigenvalue weighted by Gasteiger charge is 2.42. The molecule has 1 aromatic carbocycles. The highest BCUT2D eigenvalue weighted by atomic mass is 35.5. The maximum Gasteiger partial charge on any atom is 0.410 e. The summed E-state index contributed by atoms with van der Waals surface area (Å²) in [4.78, 5) is 47.1. The number of nitrogens with zero attached hydrogens (tertiary/aromatic N) is 3. The quantitative estimate of drug-likeness (QED) is 0.391. The summed E-state index contributed by atoms with van der Waals surface area (Å²) in [5.74, 6) is -0.502. The lowest BCUT2D eigenvalue weighted by atomic mass is 9.94. The van der Waals surface area contributed by atoms with Crippen molar-refractivity contribution in [2.75, 3.05) is 32.8 Å². The van der Waals surface area contributed by atoms with E-state index in [1.165, 1.54) is 0 Å². The highest BCUT2D eigenvalue weighted by molar-refractivity contribution is 6.30. The first-order valence-electron chi connectivity index (χ1n) is 14.0. The van der Waals surface area contributed by atoms with Crippen LogP contribution in [0.2, 0.25) is 5.02 Å². The number of fused-ring (bicyclic) bond motifs is 2. The zero-order valence-electron chi connectivity index (χ0n) is 23.7. The van der Waals surface area contributed by atoms with Gasteiger partial charge in [0, 0.05) is 43.8 Å². The fourth-order valence-corrected chi connectivity index (χ4v) is 5.54. The number of carbonyl (C=O) groups is 3. The summed E-state index contributed by atoms with van der Waals surface area (Å²) >= 11 is 6.39. The molecule has 4 rings (SSSR count). The molecule has 0 spiro atoms. The normalized spacial score (nSPS) is 19.2. The lowest BCUT2D eigenvalue weighted by molar-refractivity contribution is -0.143. The van der Waals surface area contributed by atoms with Crippen LogP contribution in [0.1, 0.15) is 69.0 Å². The largest absolute Gasteiger partial charge is 0.466 e. The molecule has 1 aromatic heterocycles. The molecule has 1 N–H and O–H groups in total. The number of hydrogen-bond acceptors (Lipinski definition) is 7. The molecular formula is C30H39ClN4O5. The van der Waals surface area contributed by atoms with E-state index in [2.05, 4.69) is 16.3 Å². The molecule has 1 fully saturated rings. The molecular weight excluding hydrogens is 532 g/mol. The van der Waals surface area contributed by atoms with E-state index in [9.17, 15) is 14.4 Å². The van der Waals surface area contributed by atoms with Crippen molar-refractivity contribution in [3.05, 3.63) is 63.9 Å². The molecule has 1 aliphatic carbocycles. The van der Waals surface area contributed by atoms with Gasteiger partial charge in [0.2, 0.25) is 5.91 Å². The van der Waals surface area contributed by atoms with Crippen molar-refractivity contribution < 1.29 is 23.9 Å². The Morgan fingerprint density at radius 3 is 2.65 bits per heavy atom. The number of benzene rings is 1. The van der Waals surface area contributed by atoms with Crippen molar-refractivity contribution in [2.24, 2.45) is 0 Å². The first-order valence-corrected chi connectivity index (χ1v) is 14.3. The number of carbonyl (C=O) groups excluding carboxylic acids is 3. The van der Waals surface area contributed by atoms with Gasteiger partial charge in [-0.05, 0) is 81.8 Å². The second kappa shape index (κ2) is 13.0. The number of piperazine rings is 1. The van der Waals surface area contributed by atoms with Gasteiger partial charge in [0.25, 0.3) is 0 Å². The molecule has 2 atom stereocenters. The Morgan fingerprint density at radius 1 is 1.12 bits per heavy atom. The summed E-state index contributed by atoms with van der Waals surface area (Å²) in [5, 5.41) is 3.66. The number of rotatable bonds is 7. The van der Waals surface area contributed by atoms with Gasteiger partial charge in [-0.1, -0.05) is 23.7 Å². The average molecular weight is 571 g/mol. The number of aryl methyl sites for hydroxylation is 2. The Kier molecular flexibility index (Phi) is 9.68. The molecule has 40 heavy (non-hydrogen) atoms. The van der Waals surface area contributed by atoms with E-state index in [0.717, 1.165) is 35.2 Å². The van der Waals surface area contributed by atoms with Crippen molar-refractivity contribution in [3.63, 3.8) is 0 Å². The smallest absolute Gasteiger partial charge is 0.410 e. The first kappa shape index (κ1) is 29.8. The van der Waals surface area contributed by atoms with Gasteiger partial charge in [0.1, 0.15) is 11.6 Å². The van der Waals surface area contributed by atoms with E-state index in [1.54, 1.807) is 18.0 Å². The summed E-state index contributed by atoms with van der Waals surface area (Å²) in [6, 6.07) is 8.98. The number of esters is 1. The number of amides is 2. The summed E-state index contributed by atoms with van der Waals surface area (Å²) in [7, 11) is 0. The van der Waals surface area contributed by atoms with Crippen LogP contribution in [0, 0.1) is 0 Å². The van der Waals surface area contributed by atoms with E-state index in [1.807, 2.05) is 45.0 Å². The van der Waals surface area contributed by atoms with Gasteiger partial charge in [0.15, 0.2) is 0 Å². The van der Waals surface area contributed by atoms with E-state index in [-0.39, 0.29) is 30.9 Å². The molecule has 2 aromatic rings. The van der Waals surface area contributed by atoms with Crippen molar-refractivity contribution in [3.8, 4) is 0 Å². The maximum atomic E-state index is 13.7. The molecule has 9 nitrogen and oxygen atoms in total. The van der Waals surface area contributed by atoms with Crippen molar-refractivity contribution in [1.82, 2.24) is 20.1 Å². The highest BCUT2D eigenvalue weighted by Crippen LogP contribution is 2.38. The Bertz CT molecular complexity index is 1230. The van der Waals surface area contributed by atoms with Crippen LogP contribution < -0.4 is 5.32 Å². The number of halogens is 1. The van der Waals surface area contributed by atoms with Crippen LogP contribution in [0.3, 0.4) is 0 Å². The molecule has 216 valence electrons. The van der Waals surface area contributed by atoms with Crippen molar-refractivity contribution in [2.45, 2.75) is 71.1 Å². The zero-order valence-corrected chi connectivity index (χ0v) is 24.5. The van der Waals surface area contributed by atoms with E-state index < -0.39 is 17.7 Å². The topological polar surface area (TPSA) is 101 Å². The average Bonchev–Trinajstić information content (AvgIpc) is 3.06. The minimum Gasteiger partial charge on any atom is -0.466 e. The van der Waals surface area contributed by atoms with Crippen LogP contribution in [-0.4, -0.2) is 77.2 Å². The van der Waals surface area contributed by atoms with Crippen LogP contribution in [-0.2, 0) is 31.9 Å². The summed E-state index contributed by atoms with van der Waals surface area (Å²) in [5.41, 5.74) is 3.57. The Labute approximate surface area is 241 Å². The number of hydrogen-bond donors (Lipinski definition) is 1. The number of pyridine rings is 1. The molecule has 1 aliphatic heterocycles. The first-order chi connectivity index (χ1) is 19.1. The van der Waals surface area contributed by atoms with Crippen LogP contribution in [0.4, 0.5) is 4.79 Å². The summed E-state index contributed by atoms with van der Waals surface area (Å²) in [6.07, 6.45) is 3.65. The van der Waals surface area contributed by atoms with Gasteiger partial charge >= 0.3 is 12.1 Å². The monoisotopic (exact) mass is 570 g/mol. The zero-order chi connectivity index (χ0) is 28.9. The molecule has 2 amide bonds. The van der Waals surface area contributed by atoms with E-state index >= 15 is 0 Å². The third-order valence-corrected chi connectivity index (χ3v) is 7.35. The third-order valence-electron chi connectivity index (χ3n) is 7.12. The van der Waals surface area contributed by atoms with Crippen LogP contribution in [0.5, 0.6) is 0 Å². The predicted molar refractivity (Wildman–Crippen MR) is 152 cm³/mol. The summed E-state index contributed by atoms with van der Waals surface area (Å²) in [6.45, 7) is 8.90. The van der Waals surface area contributed by atoms with Crippen LogP contribution >= 0.6 is 11.6 Å². The van der Waals surface area contributed by atoms with Gasteiger partial charge in [-0.3, -0.25) is 19.5 Å². The molecule has 1 unspecified atom stereocenters. The molecule has 0 radical (unpaired) electrons. The molecule has 0 bridgehead atoms. The van der Waals surface area contributed by atoms with Gasteiger partial charge in [0.05, 0.1) is 18.3 Å². The number of ether oxygens (including phenoxy) is 2. The fourth-order valence-electron chi connectivity index (χ4n) is 5.35. The molecule has 1 saturated heterocycles. The van der Waals surface area contributed by atoms with Gasteiger partial charge in [-0.2, -0.15) is 0 Å². The van der Waals surface area contributed by atoms with Gasteiger partial charge in [-0.15, -0.1) is 0 Å². The molecule has 0 saturated carbocycles. The lowest BCUT2D eigenvalue weighted by Gasteiger charge is -2.44. The SMILES string of the molecule is CCOC(=O)CCCNC(=O)[C@H]1CN(C(=O)OC(C)(C)C)CCN1C1c2ccc(Cl)cc2CCc2cccnc21. The molecule has 2 aliphatic rings. The van der Waals surface area contributed by atoms with Crippen molar-refractivity contribution in [1.29, 1.82) is 0 Å². The predicted octanol–water partition coefficient (Wildman–Crippen LogP) is 4.30. The Morgan fingerprint density at radius 2 is 1.90 bits per heavy atom. The third kappa shape index (κ3) is 7.31. The van der Waals surface area contributed by atoms with Gasteiger partial charge < -0.3 is 19.7 Å². The second-order valence-corrected chi connectivity index (χ2v) is 11.6. The maximum absolute atomic E-state index is 13.7. The summed E-state index contributed by atoms with van der Waals surface area (Å²) < 4.78 is 10.6. The van der Waals surface area contributed by atoms with Crippen molar-refractivity contribution >= 4 is 29.6 Å². The standard InChI is InChI=1S/C30H39ClN4O5/c1-5-39-25(36)9-7-15-33-28(37)24-19-34(29(38)40-30(2,3)4)16-17-35(24)27-23-13-12-22(31)18-21(23)11-10-20-8-6-14-32-26(20)27/h6,8,12-14,18,24,27H,5,7,9-11,15-17,19H2,1-4H3,(H,33,37)/t24-,27?/m1/s1. The lowest BCUT2D eigenvalue weighted by Crippen LogP contribution is -2.61. The molecule has 2 heterocycles. The Hall–Kier alpha value is -3.17. The minimum absolute atomic E-state index is 0.167. The van der Waals surface area contributed by atoms with E-state index in [0.29, 0.717) is 37.7 Å². The Balaban J connectivity index is 1.64. The van der Waals surface area contributed by atoms with Gasteiger partial charge in [-0.25, -0.2) is 4.79 Å². The minimum atomic E-state index is -0.662. The van der Waals surface area contributed by atoms with Crippen LogP contribution in [0.15, 0.2) is 36.5 Å². The number of nitrogens with one attached hydrogen (secondary N) is 1. The van der Waals surface area contributed by atoms with Crippen LogP contribution in [0.25, 0.3) is 0 Å². The van der Waals surface area contributed by atoms with E-state index in [4.69, 9.17) is 26.1 Å². The fraction of sp³-hybridized carbons (Fsp3) is 0.533. The molecule has 10 heteroatoms. The number of aromatic nitrogens is 1. The second-order valence-electron chi connectivity index (χ2n) is 11.2.